The first-order chi connectivity index (χ1) is 7.99. The summed E-state index contributed by atoms with van der Waals surface area (Å²) in [4.78, 5) is 4.41. The number of hydrogen-bond donors (Lipinski definition) is 0. The molecular formula is C12H21ClN4. The highest BCUT2D eigenvalue weighted by atomic mass is 35.5. The Morgan fingerprint density at radius 2 is 1.88 bits per heavy atom. The lowest BCUT2D eigenvalue weighted by atomic mass is 10.2. The van der Waals surface area contributed by atoms with Crippen LogP contribution in [0.5, 0.6) is 0 Å². The molecule has 1 aromatic heterocycles. The summed E-state index contributed by atoms with van der Waals surface area (Å²) in [5, 5.41) is 8.47. The highest BCUT2D eigenvalue weighted by molar-refractivity contribution is 6.29. The molecule has 1 heterocycles. The second-order valence-electron chi connectivity index (χ2n) is 4.86. The Labute approximate surface area is 109 Å². The molecule has 5 heteroatoms. The lowest BCUT2D eigenvalue weighted by Gasteiger charge is -2.26. The van der Waals surface area contributed by atoms with Crippen LogP contribution < -0.4 is 4.90 Å². The quantitative estimate of drug-likeness (QED) is 0.781. The van der Waals surface area contributed by atoms with Crippen LogP contribution in [0.4, 0.5) is 5.82 Å². The Balaban J connectivity index is 2.70. The fourth-order valence-electron chi connectivity index (χ4n) is 1.54. The Morgan fingerprint density at radius 3 is 2.35 bits per heavy atom. The zero-order chi connectivity index (χ0) is 12.8. The van der Waals surface area contributed by atoms with Gasteiger partial charge >= 0.3 is 0 Å². The average molecular weight is 257 g/mol. The van der Waals surface area contributed by atoms with Crippen LogP contribution in [0.25, 0.3) is 0 Å². The Hall–Kier alpha value is -0.870. The molecule has 1 aromatic rings. The van der Waals surface area contributed by atoms with Crippen LogP contribution in [0.2, 0.25) is 5.15 Å². The molecule has 0 unspecified atom stereocenters. The van der Waals surface area contributed by atoms with E-state index in [0.29, 0.717) is 11.1 Å². The number of hydrogen-bond acceptors (Lipinski definition) is 4. The minimum absolute atomic E-state index is 0.436. The number of likely N-dealkylation sites (N-methyl/N-ethyl adjacent to an activating group) is 1. The number of nitrogens with zero attached hydrogens (tertiary/aromatic N) is 4. The highest BCUT2D eigenvalue weighted by Gasteiger charge is 2.10. The maximum Gasteiger partial charge on any atom is 0.151 e. The van der Waals surface area contributed by atoms with E-state index in [4.69, 9.17) is 11.6 Å². The first-order valence-electron chi connectivity index (χ1n) is 5.88. The van der Waals surface area contributed by atoms with Gasteiger partial charge in [-0.2, -0.15) is 0 Å². The van der Waals surface area contributed by atoms with Gasteiger partial charge in [-0.05, 0) is 32.1 Å². The van der Waals surface area contributed by atoms with Crippen molar-refractivity contribution in [3.8, 4) is 0 Å². The molecule has 0 N–H and O–H groups in total. The molecule has 0 aliphatic rings. The van der Waals surface area contributed by atoms with Crippen molar-refractivity contribution < 1.29 is 0 Å². The zero-order valence-electron chi connectivity index (χ0n) is 11.0. The maximum atomic E-state index is 5.75. The van der Waals surface area contributed by atoms with Gasteiger partial charge in [0.25, 0.3) is 0 Å². The molecule has 1 rings (SSSR count). The second-order valence-corrected chi connectivity index (χ2v) is 5.24. The van der Waals surface area contributed by atoms with Crippen LogP contribution in [-0.4, -0.2) is 48.8 Å². The van der Waals surface area contributed by atoms with E-state index >= 15 is 0 Å². The van der Waals surface area contributed by atoms with Crippen molar-refractivity contribution in [1.82, 2.24) is 15.1 Å². The van der Waals surface area contributed by atoms with Gasteiger partial charge in [-0.1, -0.05) is 25.4 Å². The molecule has 0 spiro atoms. The zero-order valence-corrected chi connectivity index (χ0v) is 11.8. The van der Waals surface area contributed by atoms with Gasteiger partial charge in [-0.25, -0.2) is 0 Å². The van der Waals surface area contributed by atoms with Crippen LogP contribution in [-0.2, 0) is 0 Å². The van der Waals surface area contributed by atoms with Crippen molar-refractivity contribution in [2.45, 2.75) is 13.8 Å². The third kappa shape index (κ3) is 5.33. The lowest BCUT2D eigenvalue weighted by molar-refractivity contribution is 0.408. The van der Waals surface area contributed by atoms with Crippen LogP contribution in [0.15, 0.2) is 12.1 Å². The topological polar surface area (TPSA) is 32.3 Å². The van der Waals surface area contributed by atoms with Crippen molar-refractivity contribution in [3.05, 3.63) is 17.3 Å². The van der Waals surface area contributed by atoms with Gasteiger partial charge in [0.05, 0.1) is 0 Å². The SMILES string of the molecule is CC(C)CN(CCN(C)C)c1ccc(Cl)nn1. The van der Waals surface area contributed by atoms with Gasteiger partial charge in [-0.3, -0.25) is 0 Å². The van der Waals surface area contributed by atoms with Crippen molar-refractivity contribution in [2.75, 3.05) is 38.6 Å². The van der Waals surface area contributed by atoms with E-state index in [9.17, 15) is 0 Å². The predicted molar refractivity (Wildman–Crippen MR) is 72.6 cm³/mol. The first kappa shape index (κ1) is 14.2. The molecule has 4 nitrogen and oxygen atoms in total. The molecule has 0 aliphatic carbocycles. The van der Waals surface area contributed by atoms with Gasteiger partial charge < -0.3 is 9.80 Å². The summed E-state index contributed by atoms with van der Waals surface area (Å²) in [5.74, 6) is 1.49. The molecule has 0 saturated heterocycles. The van der Waals surface area contributed by atoms with Crippen molar-refractivity contribution >= 4 is 17.4 Å². The van der Waals surface area contributed by atoms with Crippen molar-refractivity contribution in [1.29, 1.82) is 0 Å². The Morgan fingerprint density at radius 1 is 1.18 bits per heavy atom. The lowest BCUT2D eigenvalue weighted by Crippen LogP contribution is -2.35. The van der Waals surface area contributed by atoms with Crippen LogP contribution in [0.3, 0.4) is 0 Å². The van der Waals surface area contributed by atoms with Crippen molar-refractivity contribution in [2.24, 2.45) is 5.92 Å². The second kappa shape index (κ2) is 6.77. The standard InChI is InChI=1S/C12H21ClN4/c1-10(2)9-17(8-7-16(3)4)12-6-5-11(13)14-15-12/h5-6,10H,7-9H2,1-4H3. The summed E-state index contributed by atoms with van der Waals surface area (Å²) in [6.07, 6.45) is 0. The van der Waals surface area contributed by atoms with Gasteiger partial charge in [0, 0.05) is 19.6 Å². The van der Waals surface area contributed by atoms with E-state index in [1.54, 1.807) is 6.07 Å². The number of aromatic nitrogens is 2. The van der Waals surface area contributed by atoms with Crippen LogP contribution >= 0.6 is 11.6 Å². The summed E-state index contributed by atoms with van der Waals surface area (Å²) < 4.78 is 0. The minimum Gasteiger partial charge on any atom is -0.354 e. The van der Waals surface area contributed by atoms with E-state index in [0.717, 1.165) is 25.5 Å². The number of rotatable bonds is 6. The largest absolute Gasteiger partial charge is 0.354 e. The van der Waals surface area contributed by atoms with Gasteiger partial charge in [0.1, 0.15) is 0 Å². The molecule has 0 radical (unpaired) electrons. The minimum atomic E-state index is 0.436. The molecular weight excluding hydrogens is 236 g/mol. The monoisotopic (exact) mass is 256 g/mol. The van der Waals surface area contributed by atoms with Crippen molar-refractivity contribution in [3.63, 3.8) is 0 Å². The Kier molecular flexibility index (Phi) is 5.65. The molecule has 17 heavy (non-hydrogen) atoms. The fraction of sp³-hybridized carbons (Fsp3) is 0.667. The van der Waals surface area contributed by atoms with Gasteiger partial charge in [-0.15, -0.1) is 10.2 Å². The van der Waals surface area contributed by atoms with Crippen LogP contribution in [0, 0.1) is 5.92 Å². The summed E-state index contributed by atoms with van der Waals surface area (Å²) in [5.41, 5.74) is 0. The van der Waals surface area contributed by atoms with Gasteiger partial charge in [0.15, 0.2) is 11.0 Å². The smallest absolute Gasteiger partial charge is 0.151 e. The first-order valence-corrected chi connectivity index (χ1v) is 6.25. The molecule has 0 saturated carbocycles. The summed E-state index contributed by atoms with van der Waals surface area (Å²) in [7, 11) is 4.14. The number of anilines is 1. The van der Waals surface area contributed by atoms with E-state index in [2.05, 4.69) is 47.9 Å². The number of halogens is 1. The normalized spacial score (nSPS) is 11.2. The molecule has 0 fully saturated rings. The predicted octanol–water partition coefficient (Wildman–Crippen LogP) is 2.15. The summed E-state index contributed by atoms with van der Waals surface area (Å²) >= 11 is 5.75. The van der Waals surface area contributed by atoms with E-state index < -0.39 is 0 Å². The molecule has 96 valence electrons. The van der Waals surface area contributed by atoms with Gasteiger partial charge in [0.2, 0.25) is 0 Å². The van der Waals surface area contributed by atoms with Crippen LogP contribution in [0.1, 0.15) is 13.8 Å². The molecule has 0 aliphatic heterocycles. The third-order valence-electron chi connectivity index (χ3n) is 2.34. The van der Waals surface area contributed by atoms with E-state index in [1.165, 1.54) is 0 Å². The molecule has 0 bridgehead atoms. The maximum absolute atomic E-state index is 5.75. The Bertz CT molecular complexity index is 324. The molecule has 0 atom stereocenters. The fourth-order valence-corrected chi connectivity index (χ4v) is 1.64. The van der Waals surface area contributed by atoms with E-state index in [1.807, 2.05) is 6.07 Å². The third-order valence-corrected chi connectivity index (χ3v) is 2.55. The highest BCUT2D eigenvalue weighted by Crippen LogP contribution is 2.13. The van der Waals surface area contributed by atoms with E-state index in [-0.39, 0.29) is 0 Å². The molecule has 0 aromatic carbocycles. The summed E-state index contributed by atoms with van der Waals surface area (Å²) in [6, 6.07) is 3.71. The molecule has 0 amide bonds. The summed E-state index contributed by atoms with van der Waals surface area (Å²) in [6.45, 7) is 7.32. The average Bonchev–Trinajstić information content (AvgIpc) is 2.25.